The van der Waals surface area contributed by atoms with Gasteiger partial charge in [0.05, 0.1) is 25.5 Å². The van der Waals surface area contributed by atoms with Gasteiger partial charge < -0.3 is 20.5 Å². The first-order valence-corrected chi connectivity index (χ1v) is 9.75. The van der Waals surface area contributed by atoms with Gasteiger partial charge in [0.25, 0.3) is 0 Å². The lowest BCUT2D eigenvalue weighted by atomic mass is 9.96. The Morgan fingerprint density at radius 1 is 1.23 bits per heavy atom. The highest BCUT2D eigenvalue weighted by Gasteiger charge is 2.32. The van der Waals surface area contributed by atoms with E-state index in [0.29, 0.717) is 30.5 Å². The lowest BCUT2D eigenvalue weighted by Crippen LogP contribution is -2.34. The van der Waals surface area contributed by atoms with Gasteiger partial charge in [0.2, 0.25) is 18.1 Å². The van der Waals surface area contributed by atoms with Crippen LogP contribution in [0, 0.1) is 11.2 Å². The van der Waals surface area contributed by atoms with Crippen molar-refractivity contribution in [2.24, 2.45) is 11.1 Å². The molecule has 1 aliphatic rings. The summed E-state index contributed by atoms with van der Waals surface area (Å²) in [5, 5.41) is 2.77. The highest BCUT2D eigenvalue weighted by Crippen LogP contribution is 2.33. The van der Waals surface area contributed by atoms with E-state index >= 15 is 0 Å². The minimum Gasteiger partial charge on any atom is -0.368 e. The molecular formula is C21H23FN6O3. The SMILES string of the molecule is CC1(C)COC(c2nc(-c3ccc(F)cc3)cn2-c2ccnc(NCC(N)=O)n2)OC1. The van der Waals surface area contributed by atoms with E-state index in [1.54, 1.807) is 35.2 Å². The Labute approximate surface area is 178 Å². The Balaban J connectivity index is 1.72. The molecule has 31 heavy (non-hydrogen) atoms. The third-order valence-corrected chi connectivity index (χ3v) is 4.64. The standard InChI is InChI=1S/C21H23FN6O3/c1-21(2)11-30-19(31-12-21)18-26-15(13-3-5-14(22)6-4-13)10-28(18)17-7-8-24-20(27-17)25-9-16(23)29/h3-8,10,19H,9,11-12H2,1-2H3,(H2,23,29)(H,24,25,27). The molecule has 2 aromatic heterocycles. The van der Waals surface area contributed by atoms with Crippen molar-refractivity contribution in [2.75, 3.05) is 25.1 Å². The highest BCUT2D eigenvalue weighted by atomic mass is 19.1. The Morgan fingerprint density at radius 2 is 1.94 bits per heavy atom. The van der Waals surface area contributed by atoms with Gasteiger partial charge in [0.1, 0.15) is 11.6 Å². The molecule has 0 spiro atoms. The lowest BCUT2D eigenvalue weighted by molar-refractivity contribution is -0.230. The first-order chi connectivity index (χ1) is 14.8. The van der Waals surface area contributed by atoms with Crippen molar-refractivity contribution in [3.63, 3.8) is 0 Å². The summed E-state index contributed by atoms with van der Waals surface area (Å²) < 4.78 is 27.0. The molecule has 1 saturated heterocycles. The lowest BCUT2D eigenvalue weighted by Gasteiger charge is -2.34. The maximum atomic E-state index is 13.4. The number of benzene rings is 1. The van der Waals surface area contributed by atoms with E-state index in [1.165, 1.54) is 12.1 Å². The number of halogens is 1. The van der Waals surface area contributed by atoms with Crippen molar-refractivity contribution in [1.82, 2.24) is 19.5 Å². The number of primary amides is 1. The molecule has 0 atom stereocenters. The summed E-state index contributed by atoms with van der Waals surface area (Å²) in [7, 11) is 0. The molecule has 9 nitrogen and oxygen atoms in total. The van der Waals surface area contributed by atoms with E-state index in [0.717, 1.165) is 5.56 Å². The number of rotatable bonds is 6. The largest absolute Gasteiger partial charge is 0.368 e. The van der Waals surface area contributed by atoms with Crippen LogP contribution < -0.4 is 11.1 Å². The number of carbonyl (C=O) groups excluding carboxylic acids is 1. The Kier molecular flexibility index (Phi) is 5.66. The molecule has 0 unspecified atom stereocenters. The second-order valence-electron chi connectivity index (χ2n) is 8.04. The fourth-order valence-electron chi connectivity index (χ4n) is 3.08. The number of nitrogens with one attached hydrogen (secondary N) is 1. The summed E-state index contributed by atoms with van der Waals surface area (Å²) in [5.41, 5.74) is 6.42. The van der Waals surface area contributed by atoms with Crippen molar-refractivity contribution in [2.45, 2.75) is 20.1 Å². The number of anilines is 1. The summed E-state index contributed by atoms with van der Waals surface area (Å²) >= 11 is 0. The van der Waals surface area contributed by atoms with Crippen LogP contribution in [0.1, 0.15) is 26.0 Å². The van der Waals surface area contributed by atoms with Crippen LogP contribution in [-0.4, -0.2) is 45.2 Å². The number of carbonyl (C=O) groups is 1. The zero-order valence-corrected chi connectivity index (χ0v) is 17.2. The molecule has 0 saturated carbocycles. The summed E-state index contributed by atoms with van der Waals surface area (Å²) in [6.45, 7) is 5.03. The maximum absolute atomic E-state index is 13.4. The van der Waals surface area contributed by atoms with Gasteiger partial charge in [-0.2, -0.15) is 4.98 Å². The first kappa shape index (κ1) is 20.9. The molecule has 4 rings (SSSR count). The van der Waals surface area contributed by atoms with Gasteiger partial charge in [-0.05, 0) is 30.3 Å². The Morgan fingerprint density at radius 3 is 2.61 bits per heavy atom. The second-order valence-corrected chi connectivity index (χ2v) is 8.04. The minimum absolute atomic E-state index is 0.0923. The number of imidazole rings is 1. The van der Waals surface area contributed by atoms with E-state index in [1.807, 2.05) is 0 Å². The van der Waals surface area contributed by atoms with Gasteiger partial charge in [-0.3, -0.25) is 9.36 Å². The van der Waals surface area contributed by atoms with Gasteiger partial charge in [-0.1, -0.05) is 13.8 Å². The third kappa shape index (κ3) is 4.86. The molecule has 1 aromatic carbocycles. The Hall–Kier alpha value is -3.37. The zero-order valence-electron chi connectivity index (χ0n) is 17.2. The number of nitrogens with zero attached hydrogens (tertiary/aromatic N) is 4. The predicted molar refractivity (Wildman–Crippen MR) is 111 cm³/mol. The number of aromatic nitrogens is 4. The van der Waals surface area contributed by atoms with Crippen molar-refractivity contribution in [3.05, 3.63) is 54.4 Å². The van der Waals surface area contributed by atoms with E-state index < -0.39 is 12.2 Å². The predicted octanol–water partition coefficient (Wildman–Crippen LogP) is 2.44. The number of nitrogens with two attached hydrogens (primary N) is 1. The molecule has 1 fully saturated rings. The van der Waals surface area contributed by atoms with Gasteiger partial charge >= 0.3 is 0 Å². The average molecular weight is 426 g/mol. The minimum atomic E-state index is -0.695. The summed E-state index contributed by atoms with van der Waals surface area (Å²) in [5.74, 6) is 0.378. The van der Waals surface area contributed by atoms with Crippen LogP contribution in [0.15, 0.2) is 42.7 Å². The van der Waals surface area contributed by atoms with E-state index in [4.69, 9.17) is 20.2 Å². The van der Waals surface area contributed by atoms with Crippen molar-refractivity contribution < 1.29 is 18.7 Å². The van der Waals surface area contributed by atoms with Crippen molar-refractivity contribution >= 4 is 11.9 Å². The molecule has 1 amide bonds. The van der Waals surface area contributed by atoms with Crippen molar-refractivity contribution in [3.8, 4) is 17.1 Å². The fourth-order valence-corrected chi connectivity index (χ4v) is 3.08. The highest BCUT2D eigenvalue weighted by molar-refractivity contribution is 5.78. The van der Waals surface area contributed by atoms with Gasteiger partial charge in [-0.15, -0.1) is 0 Å². The van der Waals surface area contributed by atoms with Crippen LogP contribution in [0.3, 0.4) is 0 Å². The van der Waals surface area contributed by atoms with Crippen LogP contribution in [0.25, 0.3) is 17.1 Å². The number of amides is 1. The van der Waals surface area contributed by atoms with Gasteiger partial charge in [0, 0.05) is 23.4 Å². The number of hydrogen-bond donors (Lipinski definition) is 2. The normalized spacial score (nSPS) is 16.2. The second kappa shape index (κ2) is 8.40. The number of hydrogen-bond acceptors (Lipinski definition) is 7. The molecule has 3 N–H and O–H groups in total. The fraction of sp³-hybridized carbons (Fsp3) is 0.333. The van der Waals surface area contributed by atoms with Crippen LogP contribution in [0.2, 0.25) is 0 Å². The van der Waals surface area contributed by atoms with Crippen LogP contribution in [0.4, 0.5) is 10.3 Å². The first-order valence-electron chi connectivity index (χ1n) is 9.75. The molecule has 1 aliphatic heterocycles. The molecule has 162 valence electrons. The molecule has 0 radical (unpaired) electrons. The topological polar surface area (TPSA) is 117 Å². The van der Waals surface area contributed by atoms with E-state index in [-0.39, 0.29) is 23.7 Å². The third-order valence-electron chi connectivity index (χ3n) is 4.64. The monoisotopic (exact) mass is 426 g/mol. The molecule has 0 bridgehead atoms. The van der Waals surface area contributed by atoms with E-state index in [9.17, 15) is 9.18 Å². The molecule has 10 heteroatoms. The smallest absolute Gasteiger partial charge is 0.236 e. The average Bonchev–Trinajstić information content (AvgIpc) is 3.18. The van der Waals surface area contributed by atoms with Crippen molar-refractivity contribution in [1.29, 1.82) is 0 Å². The molecular weight excluding hydrogens is 403 g/mol. The maximum Gasteiger partial charge on any atom is 0.236 e. The van der Waals surface area contributed by atoms with Crippen LogP contribution in [0.5, 0.6) is 0 Å². The van der Waals surface area contributed by atoms with Gasteiger partial charge in [-0.25, -0.2) is 14.4 Å². The van der Waals surface area contributed by atoms with Crippen LogP contribution in [-0.2, 0) is 14.3 Å². The summed E-state index contributed by atoms with van der Waals surface area (Å²) in [6, 6.07) is 7.75. The van der Waals surface area contributed by atoms with Crippen LogP contribution >= 0.6 is 0 Å². The zero-order chi connectivity index (χ0) is 22.0. The summed E-state index contributed by atoms with van der Waals surface area (Å²) in [4.78, 5) is 24.3. The number of ether oxygens (including phenoxy) is 2. The molecule has 3 aromatic rings. The quantitative estimate of drug-likeness (QED) is 0.622. The molecule has 3 heterocycles. The Bertz CT molecular complexity index is 1070. The van der Waals surface area contributed by atoms with E-state index in [2.05, 4.69) is 29.1 Å². The molecule has 0 aliphatic carbocycles. The summed E-state index contributed by atoms with van der Waals surface area (Å²) in [6.07, 6.45) is 2.63. The van der Waals surface area contributed by atoms with Gasteiger partial charge in [0.15, 0.2) is 5.82 Å².